The first-order chi connectivity index (χ1) is 11.3. The maximum Gasteiger partial charge on any atom is 0.326 e. The largest absolute Gasteiger partial charge is 0.326 e. The van der Waals surface area contributed by atoms with E-state index in [1.807, 2.05) is 67.3 Å². The Bertz CT molecular complexity index is 712. The van der Waals surface area contributed by atoms with Crippen LogP contribution >= 0.6 is 11.8 Å². The molecule has 0 aliphatic carbocycles. The predicted octanol–water partition coefficient (Wildman–Crippen LogP) is 4.88. The zero-order valence-corrected chi connectivity index (χ0v) is 14.0. The number of amides is 2. The summed E-state index contributed by atoms with van der Waals surface area (Å²) in [7, 11) is 1.81. The first-order valence-electron chi connectivity index (χ1n) is 7.71. The Labute approximate surface area is 141 Å². The maximum absolute atomic E-state index is 12.5. The molecule has 0 saturated heterocycles. The van der Waals surface area contributed by atoms with Crippen molar-refractivity contribution in [2.45, 2.75) is 6.42 Å². The second kappa shape index (κ2) is 7.38. The van der Waals surface area contributed by atoms with Gasteiger partial charge < -0.3 is 5.32 Å². The van der Waals surface area contributed by atoms with Crippen LogP contribution in [0, 0.1) is 0 Å². The summed E-state index contributed by atoms with van der Waals surface area (Å²) in [5.41, 5.74) is 4.23. The van der Waals surface area contributed by atoms with Gasteiger partial charge in [0.2, 0.25) is 0 Å². The molecule has 0 saturated carbocycles. The van der Waals surface area contributed by atoms with Gasteiger partial charge in [-0.1, -0.05) is 42.5 Å². The van der Waals surface area contributed by atoms with Gasteiger partial charge in [0.25, 0.3) is 0 Å². The van der Waals surface area contributed by atoms with Gasteiger partial charge in [0.15, 0.2) is 0 Å². The minimum absolute atomic E-state index is 0.130. The quantitative estimate of drug-likeness (QED) is 0.873. The standard InChI is InChI=1S/C19H20N2OS/c1-21(19(22)20-16-7-3-2-4-8-16)18-10-6-5-9-17(18)15-11-13-23-14-12-15/h2-11H,12-14H2,1H3,(H,20,22). The number of hydrogen-bond donors (Lipinski definition) is 1. The third kappa shape index (κ3) is 3.77. The van der Waals surface area contributed by atoms with E-state index in [0.29, 0.717) is 0 Å². The first kappa shape index (κ1) is 15.7. The SMILES string of the molecule is CN(C(=O)Nc1ccccc1)c1ccccc1C1=CCSCC1. The van der Waals surface area contributed by atoms with Crippen molar-refractivity contribution in [2.24, 2.45) is 0 Å². The van der Waals surface area contributed by atoms with Crippen LogP contribution in [0.15, 0.2) is 60.7 Å². The van der Waals surface area contributed by atoms with Crippen LogP contribution in [0.4, 0.5) is 16.2 Å². The van der Waals surface area contributed by atoms with Crippen LogP contribution in [-0.4, -0.2) is 24.6 Å². The highest BCUT2D eigenvalue weighted by Crippen LogP contribution is 2.32. The average molecular weight is 324 g/mol. The third-order valence-corrected chi connectivity index (χ3v) is 4.80. The number of carbonyl (C=O) groups excluding carboxylic acids is 1. The second-order valence-corrected chi connectivity index (χ2v) is 6.58. The summed E-state index contributed by atoms with van der Waals surface area (Å²) < 4.78 is 0. The summed E-state index contributed by atoms with van der Waals surface area (Å²) in [6, 6.07) is 17.5. The smallest absolute Gasteiger partial charge is 0.308 e. The molecule has 0 atom stereocenters. The molecule has 0 aromatic heterocycles. The minimum Gasteiger partial charge on any atom is -0.308 e. The highest BCUT2D eigenvalue weighted by Gasteiger charge is 2.17. The van der Waals surface area contributed by atoms with E-state index in [1.165, 1.54) is 5.57 Å². The average Bonchev–Trinajstić information content (AvgIpc) is 2.62. The summed E-state index contributed by atoms with van der Waals surface area (Å²) in [5, 5.41) is 2.93. The van der Waals surface area contributed by atoms with E-state index in [2.05, 4.69) is 17.5 Å². The molecule has 3 rings (SSSR count). The van der Waals surface area contributed by atoms with Crippen molar-refractivity contribution in [3.63, 3.8) is 0 Å². The van der Waals surface area contributed by atoms with Crippen LogP contribution in [-0.2, 0) is 0 Å². The van der Waals surface area contributed by atoms with Crippen molar-refractivity contribution in [2.75, 3.05) is 28.8 Å². The van der Waals surface area contributed by atoms with Gasteiger partial charge in [-0.15, -0.1) is 0 Å². The number of para-hydroxylation sites is 2. The normalized spacial score (nSPS) is 14.0. The van der Waals surface area contributed by atoms with Crippen LogP contribution in [0.5, 0.6) is 0 Å². The Morgan fingerprint density at radius 3 is 2.57 bits per heavy atom. The summed E-state index contributed by atoms with van der Waals surface area (Å²) in [6.45, 7) is 0. The number of benzene rings is 2. The van der Waals surface area contributed by atoms with Gasteiger partial charge in [0, 0.05) is 24.1 Å². The molecule has 0 radical (unpaired) electrons. The van der Waals surface area contributed by atoms with Crippen molar-refractivity contribution in [3.05, 3.63) is 66.2 Å². The van der Waals surface area contributed by atoms with E-state index in [9.17, 15) is 4.79 Å². The molecular formula is C19H20N2OS. The Kier molecular flexibility index (Phi) is 5.03. The molecule has 0 bridgehead atoms. The van der Waals surface area contributed by atoms with E-state index < -0.39 is 0 Å². The molecule has 4 heteroatoms. The molecule has 2 aromatic rings. The zero-order valence-electron chi connectivity index (χ0n) is 13.2. The third-order valence-electron chi connectivity index (χ3n) is 3.90. The number of allylic oxidation sites excluding steroid dienone is 1. The molecule has 2 amide bonds. The minimum atomic E-state index is -0.130. The van der Waals surface area contributed by atoms with Crippen molar-refractivity contribution in [3.8, 4) is 0 Å². The van der Waals surface area contributed by atoms with Crippen LogP contribution in [0.2, 0.25) is 0 Å². The van der Waals surface area contributed by atoms with Gasteiger partial charge in [-0.05, 0) is 35.9 Å². The van der Waals surface area contributed by atoms with Crippen molar-refractivity contribution in [1.82, 2.24) is 0 Å². The number of urea groups is 1. The van der Waals surface area contributed by atoms with E-state index in [1.54, 1.807) is 4.90 Å². The summed E-state index contributed by atoms with van der Waals surface area (Å²) in [6.07, 6.45) is 3.33. The number of nitrogens with one attached hydrogen (secondary N) is 1. The van der Waals surface area contributed by atoms with Gasteiger partial charge in [-0.3, -0.25) is 4.90 Å². The van der Waals surface area contributed by atoms with Crippen molar-refractivity contribution in [1.29, 1.82) is 0 Å². The molecule has 0 unspecified atom stereocenters. The fourth-order valence-corrected chi connectivity index (χ4v) is 3.50. The number of rotatable bonds is 3. The van der Waals surface area contributed by atoms with E-state index >= 15 is 0 Å². The van der Waals surface area contributed by atoms with Crippen molar-refractivity contribution >= 4 is 34.7 Å². The van der Waals surface area contributed by atoms with Gasteiger partial charge in [0.05, 0.1) is 5.69 Å². The molecule has 1 N–H and O–H groups in total. The number of hydrogen-bond acceptors (Lipinski definition) is 2. The Hall–Kier alpha value is -2.20. The Balaban J connectivity index is 1.83. The molecule has 23 heavy (non-hydrogen) atoms. The van der Waals surface area contributed by atoms with E-state index in [4.69, 9.17) is 0 Å². The lowest BCUT2D eigenvalue weighted by molar-refractivity contribution is 0.258. The maximum atomic E-state index is 12.5. The van der Waals surface area contributed by atoms with E-state index in [-0.39, 0.29) is 6.03 Å². The molecule has 2 aromatic carbocycles. The fourth-order valence-electron chi connectivity index (χ4n) is 2.65. The molecule has 1 aliphatic heterocycles. The van der Waals surface area contributed by atoms with Crippen LogP contribution in [0.25, 0.3) is 5.57 Å². The van der Waals surface area contributed by atoms with Gasteiger partial charge in [-0.25, -0.2) is 4.79 Å². The van der Waals surface area contributed by atoms with Crippen LogP contribution < -0.4 is 10.2 Å². The molecular weight excluding hydrogens is 304 g/mol. The first-order valence-corrected chi connectivity index (χ1v) is 8.87. The lowest BCUT2D eigenvalue weighted by atomic mass is 10.0. The van der Waals surface area contributed by atoms with Gasteiger partial charge in [-0.2, -0.15) is 11.8 Å². The van der Waals surface area contributed by atoms with Crippen LogP contribution in [0.3, 0.4) is 0 Å². The Morgan fingerprint density at radius 2 is 1.83 bits per heavy atom. The molecule has 1 heterocycles. The molecule has 1 aliphatic rings. The number of nitrogens with zero attached hydrogens (tertiary/aromatic N) is 1. The van der Waals surface area contributed by atoms with Crippen molar-refractivity contribution < 1.29 is 4.79 Å². The second-order valence-electron chi connectivity index (χ2n) is 5.43. The number of thioether (sulfide) groups is 1. The van der Waals surface area contributed by atoms with E-state index in [0.717, 1.165) is 34.9 Å². The summed E-state index contributed by atoms with van der Waals surface area (Å²) >= 11 is 1.95. The van der Waals surface area contributed by atoms with Crippen LogP contribution in [0.1, 0.15) is 12.0 Å². The fraction of sp³-hybridized carbons (Fsp3) is 0.211. The summed E-state index contributed by atoms with van der Waals surface area (Å²) in [4.78, 5) is 14.2. The monoisotopic (exact) mass is 324 g/mol. The highest BCUT2D eigenvalue weighted by atomic mass is 32.2. The predicted molar refractivity (Wildman–Crippen MR) is 100 cm³/mol. The molecule has 0 fully saturated rings. The Morgan fingerprint density at radius 1 is 1.09 bits per heavy atom. The molecule has 0 spiro atoms. The van der Waals surface area contributed by atoms with Gasteiger partial charge >= 0.3 is 6.03 Å². The lowest BCUT2D eigenvalue weighted by Crippen LogP contribution is -2.31. The number of anilines is 2. The van der Waals surface area contributed by atoms with Gasteiger partial charge in [0.1, 0.15) is 0 Å². The topological polar surface area (TPSA) is 32.3 Å². The highest BCUT2D eigenvalue weighted by molar-refractivity contribution is 7.99. The molecule has 118 valence electrons. The zero-order chi connectivity index (χ0) is 16.1. The lowest BCUT2D eigenvalue weighted by Gasteiger charge is -2.23. The number of carbonyl (C=O) groups is 1. The molecule has 3 nitrogen and oxygen atoms in total. The summed E-state index contributed by atoms with van der Waals surface area (Å²) in [5.74, 6) is 2.18.